The van der Waals surface area contributed by atoms with Crippen molar-refractivity contribution >= 4 is 23.4 Å². The Kier molecular flexibility index (Phi) is 9.28. The van der Waals surface area contributed by atoms with Crippen molar-refractivity contribution < 1.29 is 46.7 Å². The van der Waals surface area contributed by atoms with Crippen LogP contribution >= 0.6 is 23.4 Å². The van der Waals surface area contributed by atoms with Crippen LogP contribution < -0.4 is 0 Å². The highest BCUT2D eigenvalue weighted by molar-refractivity contribution is 8.00. The summed E-state index contributed by atoms with van der Waals surface area (Å²) < 4.78 is 82.3. The molecule has 3 aromatic rings. The Morgan fingerprint density at radius 2 is 1.79 bits per heavy atom. The summed E-state index contributed by atoms with van der Waals surface area (Å²) >= 11 is 7.29. The van der Waals surface area contributed by atoms with Gasteiger partial charge >= 0.3 is 0 Å². The van der Waals surface area contributed by atoms with Crippen LogP contribution in [0.1, 0.15) is 42.7 Å². The molecule has 0 radical (unpaired) electrons. The second-order valence-electron chi connectivity index (χ2n) is 10.5. The quantitative estimate of drug-likeness (QED) is 0.243. The zero-order valence-corrected chi connectivity index (χ0v) is 24.0. The molecule has 6 atom stereocenters. The van der Waals surface area contributed by atoms with Crippen LogP contribution in [0.2, 0.25) is 5.15 Å². The zero-order valence-electron chi connectivity index (χ0n) is 22.5. The van der Waals surface area contributed by atoms with Gasteiger partial charge in [0.1, 0.15) is 35.5 Å². The molecule has 10 nitrogen and oxygen atoms in total. The molecule has 5 rings (SSSR count). The highest BCUT2D eigenvalue weighted by atomic mass is 35.5. The molecule has 2 fully saturated rings. The van der Waals surface area contributed by atoms with E-state index < -0.39 is 83.5 Å². The molecule has 1 saturated heterocycles. The lowest BCUT2D eigenvalue weighted by Gasteiger charge is -2.47. The van der Waals surface area contributed by atoms with E-state index in [1.54, 1.807) is 0 Å². The van der Waals surface area contributed by atoms with Gasteiger partial charge < -0.3 is 24.8 Å². The number of alkyl halides is 2. The molecular formula is C26H27ClF5N5O5S. The monoisotopic (exact) mass is 651 g/mol. The summed E-state index contributed by atoms with van der Waals surface area (Å²) in [6.45, 7) is -0.659. The van der Waals surface area contributed by atoms with E-state index in [1.807, 2.05) is 0 Å². The van der Waals surface area contributed by atoms with Crippen LogP contribution in [-0.2, 0) is 9.47 Å². The number of methoxy groups -OCH3 is 1. The molecule has 0 amide bonds. The summed E-state index contributed by atoms with van der Waals surface area (Å²) in [6, 6.07) is 0.354. The molecule has 0 unspecified atom stereocenters. The largest absolute Gasteiger partial charge is 0.394 e. The third-order valence-corrected chi connectivity index (χ3v) is 9.60. The molecule has 3 heterocycles. The maximum Gasteiger partial charge on any atom is 0.248 e. The summed E-state index contributed by atoms with van der Waals surface area (Å²) in [7, 11) is 1.31. The number of nitrogens with zero attached hydrogens (tertiary/aromatic N) is 5. The van der Waals surface area contributed by atoms with E-state index in [0.29, 0.717) is 0 Å². The fourth-order valence-electron chi connectivity index (χ4n) is 5.38. The average molecular weight is 652 g/mol. The Morgan fingerprint density at radius 3 is 2.40 bits per heavy atom. The average Bonchev–Trinajstić information content (AvgIpc) is 3.46. The van der Waals surface area contributed by atoms with Gasteiger partial charge in [-0.05, 0) is 25.0 Å². The number of hydrogen-bond donors (Lipinski definition) is 3. The first-order chi connectivity index (χ1) is 20.4. The number of hydrogen-bond acceptors (Lipinski definition) is 10. The van der Waals surface area contributed by atoms with Gasteiger partial charge in [0, 0.05) is 37.9 Å². The van der Waals surface area contributed by atoms with Gasteiger partial charge in [0.15, 0.2) is 22.6 Å². The minimum atomic E-state index is -2.96. The van der Waals surface area contributed by atoms with Gasteiger partial charge in [-0.15, -0.1) is 16.9 Å². The van der Waals surface area contributed by atoms with E-state index in [2.05, 4.69) is 20.3 Å². The van der Waals surface area contributed by atoms with Crippen molar-refractivity contribution in [1.29, 1.82) is 0 Å². The topological polar surface area (TPSA) is 136 Å². The number of rotatable bonds is 8. The van der Waals surface area contributed by atoms with Gasteiger partial charge in [-0.1, -0.05) is 16.8 Å². The van der Waals surface area contributed by atoms with Crippen molar-refractivity contribution in [2.24, 2.45) is 0 Å². The summed E-state index contributed by atoms with van der Waals surface area (Å²) in [4.78, 5) is 8.29. The molecule has 17 heteroatoms. The van der Waals surface area contributed by atoms with E-state index in [0.717, 1.165) is 28.6 Å². The molecule has 234 valence electrons. The van der Waals surface area contributed by atoms with Gasteiger partial charge in [0.25, 0.3) is 0 Å². The van der Waals surface area contributed by atoms with Crippen LogP contribution in [0, 0.1) is 17.5 Å². The van der Waals surface area contributed by atoms with Gasteiger partial charge in [0.05, 0.1) is 29.3 Å². The van der Waals surface area contributed by atoms with E-state index >= 15 is 0 Å². The number of aromatic nitrogens is 5. The normalized spacial score (nSPS) is 27.6. The molecule has 2 aromatic heterocycles. The Morgan fingerprint density at radius 1 is 1.14 bits per heavy atom. The highest BCUT2D eigenvalue weighted by Crippen LogP contribution is 2.53. The predicted molar refractivity (Wildman–Crippen MR) is 143 cm³/mol. The van der Waals surface area contributed by atoms with E-state index in [1.165, 1.54) is 25.7 Å². The number of benzene rings is 1. The zero-order chi connectivity index (χ0) is 31.1. The van der Waals surface area contributed by atoms with E-state index in [4.69, 9.17) is 21.1 Å². The Bertz CT molecular complexity index is 1420. The minimum absolute atomic E-state index is 0.0576. The Labute approximate surface area is 251 Å². The third kappa shape index (κ3) is 6.36. The summed E-state index contributed by atoms with van der Waals surface area (Å²) in [6.07, 6.45) is -1.56. The summed E-state index contributed by atoms with van der Waals surface area (Å²) in [5.74, 6) is -7.48. The molecule has 3 N–H and O–H groups in total. The van der Waals surface area contributed by atoms with E-state index in [9.17, 15) is 37.3 Å². The van der Waals surface area contributed by atoms with Crippen molar-refractivity contribution in [3.8, 4) is 11.3 Å². The SMILES string of the molecule is CO[C@@H]1[C@@H](n2cc(-c3cc(F)c(F)c(F)c3)nn2)[C@@H](O)[C@@H](CO)O[C@H]1S[C@H](c1nccnc1Cl)C1(O)CCC(F)(F)CC1. The molecule has 0 bridgehead atoms. The maximum atomic E-state index is 14.1. The Balaban J connectivity index is 1.50. The number of ether oxygens (including phenoxy) is 2. The predicted octanol–water partition coefficient (Wildman–Crippen LogP) is 3.85. The van der Waals surface area contributed by atoms with Crippen LogP contribution in [0.15, 0.2) is 30.7 Å². The maximum absolute atomic E-state index is 14.1. The molecule has 2 aliphatic rings. The first kappa shape index (κ1) is 31.9. The van der Waals surface area contributed by atoms with Crippen LogP contribution in [-0.4, -0.2) is 89.3 Å². The fourth-order valence-corrected chi connectivity index (χ4v) is 7.35. The van der Waals surface area contributed by atoms with Crippen LogP contribution in [0.25, 0.3) is 11.3 Å². The molecule has 0 spiro atoms. The van der Waals surface area contributed by atoms with Gasteiger partial charge in [-0.3, -0.25) is 4.98 Å². The smallest absolute Gasteiger partial charge is 0.248 e. The lowest BCUT2D eigenvalue weighted by molar-refractivity contribution is -0.186. The minimum Gasteiger partial charge on any atom is -0.394 e. The molecule has 1 aromatic carbocycles. The number of aliphatic hydroxyl groups excluding tert-OH is 2. The first-order valence-electron chi connectivity index (χ1n) is 13.1. The van der Waals surface area contributed by atoms with Crippen LogP contribution in [0.4, 0.5) is 22.0 Å². The van der Waals surface area contributed by atoms with Crippen molar-refractivity contribution in [3.05, 3.63) is 59.0 Å². The highest BCUT2D eigenvalue weighted by Gasteiger charge is 2.53. The number of aliphatic hydroxyl groups is 3. The fraction of sp³-hybridized carbons (Fsp3) is 0.538. The van der Waals surface area contributed by atoms with Crippen molar-refractivity contribution in [1.82, 2.24) is 25.0 Å². The lowest BCUT2D eigenvalue weighted by atomic mass is 9.79. The van der Waals surface area contributed by atoms with Crippen LogP contribution in [0.3, 0.4) is 0 Å². The lowest BCUT2D eigenvalue weighted by Crippen LogP contribution is -2.56. The Hall–Kier alpha value is -2.47. The number of halogens is 6. The second-order valence-corrected chi connectivity index (χ2v) is 12.0. The molecular weight excluding hydrogens is 625 g/mol. The van der Waals surface area contributed by atoms with E-state index in [-0.39, 0.29) is 34.9 Å². The third-order valence-electron chi connectivity index (χ3n) is 7.73. The second kappa shape index (κ2) is 12.5. The standard InChI is InChI=1S/C26H27ClF5N5O5S/c1-41-21-19(37-10-15(35-36-37)12-8-13(28)17(30)14(29)9-12)20(39)16(11-38)42-24(21)43-22(18-23(27)34-7-6-33-18)25(40)2-4-26(31,32)5-3-25/h6-10,16,19-22,24,38-40H,2-5,11H2,1H3/t16-,19+,20+,21-,22-,24+/m1/s1. The molecule has 43 heavy (non-hydrogen) atoms. The molecule has 1 aliphatic carbocycles. The number of thioether (sulfide) groups is 1. The van der Waals surface area contributed by atoms with Gasteiger partial charge in [-0.25, -0.2) is 31.6 Å². The van der Waals surface area contributed by atoms with Crippen molar-refractivity contribution in [2.45, 2.75) is 72.2 Å². The molecule has 1 saturated carbocycles. The summed E-state index contributed by atoms with van der Waals surface area (Å²) in [5.41, 5.74) is -2.87. The van der Waals surface area contributed by atoms with Gasteiger partial charge in [0.2, 0.25) is 5.92 Å². The molecule has 1 aliphatic heterocycles. The van der Waals surface area contributed by atoms with Crippen molar-refractivity contribution in [3.63, 3.8) is 0 Å². The van der Waals surface area contributed by atoms with Crippen LogP contribution in [0.5, 0.6) is 0 Å². The van der Waals surface area contributed by atoms with Crippen molar-refractivity contribution in [2.75, 3.05) is 13.7 Å². The van der Waals surface area contributed by atoms with Gasteiger partial charge in [-0.2, -0.15) is 0 Å². The first-order valence-corrected chi connectivity index (χ1v) is 14.5. The summed E-state index contributed by atoms with van der Waals surface area (Å²) in [5, 5.41) is 39.7.